The van der Waals surface area contributed by atoms with Crippen LogP contribution in [-0.2, 0) is 6.42 Å². The molecular weight excluding hydrogens is 268 g/mol. The zero-order chi connectivity index (χ0) is 15.1. The summed E-state index contributed by atoms with van der Waals surface area (Å²) in [5.74, 6) is 6.41. The summed E-state index contributed by atoms with van der Waals surface area (Å²) in [4.78, 5) is 15.9. The molecule has 1 heterocycles. The van der Waals surface area contributed by atoms with Crippen LogP contribution in [0.5, 0.6) is 5.75 Å². The molecule has 0 unspecified atom stereocenters. The van der Waals surface area contributed by atoms with Crippen molar-refractivity contribution in [3.05, 3.63) is 53.7 Å². The Labute approximate surface area is 123 Å². The lowest BCUT2D eigenvalue weighted by Gasteiger charge is -2.06. The standard InChI is InChI=1S/C15H18N4O2/c1-21-13-5-2-11(3-6-13)8-9-17-15(20)12-4-7-14(19-16)18-10-12/h2-7,10H,8-9,16H2,1H3,(H,17,20)(H,18,19). The number of hydrogen-bond acceptors (Lipinski definition) is 5. The highest BCUT2D eigenvalue weighted by Crippen LogP contribution is 2.11. The average Bonchev–Trinajstić information content (AvgIpc) is 2.55. The van der Waals surface area contributed by atoms with Crippen molar-refractivity contribution in [1.29, 1.82) is 0 Å². The van der Waals surface area contributed by atoms with Crippen molar-refractivity contribution in [3.63, 3.8) is 0 Å². The second-order valence-electron chi connectivity index (χ2n) is 4.43. The van der Waals surface area contributed by atoms with Crippen LogP contribution in [0.15, 0.2) is 42.6 Å². The number of amides is 1. The molecule has 0 atom stereocenters. The summed E-state index contributed by atoms with van der Waals surface area (Å²) < 4.78 is 5.10. The molecule has 6 nitrogen and oxygen atoms in total. The number of hydrazine groups is 1. The Bertz CT molecular complexity index is 582. The van der Waals surface area contributed by atoms with E-state index in [0.717, 1.165) is 17.7 Å². The Morgan fingerprint density at radius 1 is 1.24 bits per heavy atom. The Kier molecular flexibility index (Phi) is 5.11. The summed E-state index contributed by atoms with van der Waals surface area (Å²) in [5, 5.41) is 2.85. The summed E-state index contributed by atoms with van der Waals surface area (Å²) in [7, 11) is 1.63. The smallest absolute Gasteiger partial charge is 0.252 e. The lowest BCUT2D eigenvalue weighted by Crippen LogP contribution is -2.25. The Morgan fingerprint density at radius 3 is 2.57 bits per heavy atom. The van der Waals surface area contributed by atoms with Gasteiger partial charge in [-0.1, -0.05) is 12.1 Å². The van der Waals surface area contributed by atoms with E-state index in [4.69, 9.17) is 10.6 Å². The molecule has 1 aromatic heterocycles. The van der Waals surface area contributed by atoms with Crippen LogP contribution >= 0.6 is 0 Å². The molecule has 110 valence electrons. The van der Waals surface area contributed by atoms with E-state index < -0.39 is 0 Å². The number of nitrogen functional groups attached to an aromatic ring is 1. The SMILES string of the molecule is COc1ccc(CCNC(=O)c2ccc(NN)nc2)cc1. The van der Waals surface area contributed by atoms with Gasteiger partial charge in [0.25, 0.3) is 5.91 Å². The molecular formula is C15H18N4O2. The van der Waals surface area contributed by atoms with Gasteiger partial charge in [0.15, 0.2) is 0 Å². The maximum absolute atomic E-state index is 11.9. The highest BCUT2D eigenvalue weighted by Gasteiger charge is 2.05. The number of aromatic nitrogens is 1. The maximum Gasteiger partial charge on any atom is 0.252 e. The third-order valence-electron chi connectivity index (χ3n) is 3.03. The molecule has 0 radical (unpaired) electrons. The van der Waals surface area contributed by atoms with Crippen molar-refractivity contribution < 1.29 is 9.53 Å². The van der Waals surface area contributed by atoms with Gasteiger partial charge in [-0.25, -0.2) is 10.8 Å². The van der Waals surface area contributed by atoms with Gasteiger partial charge in [0.05, 0.1) is 12.7 Å². The fourth-order valence-electron chi connectivity index (χ4n) is 1.83. The highest BCUT2D eigenvalue weighted by atomic mass is 16.5. The van der Waals surface area contributed by atoms with E-state index >= 15 is 0 Å². The van der Waals surface area contributed by atoms with Gasteiger partial charge in [0, 0.05) is 12.7 Å². The number of benzene rings is 1. The number of nitrogens with two attached hydrogens (primary N) is 1. The van der Waals surface area contributed by atoms with E-state index in [2.05, 4.69) is 15.7 Å². The van der Waals surface area contributed by atoms with Gasteiger partial charge in [0.1, 0.15) is 11.6 Å². The van der Waals surface area contributed by atoms with E-state index in [0.29, 0.717) is 17.9 Å². The summed E-state index contributed by atoms with van der Waals surface area (Å²) in [6.45, 7) is 0.558. The molecule has 6 heteroatoms. The first-order chi connectivity index (χ1) is 10.2. The van der Waals surface area contributed by atoms with E-state index in [1.165, 1.54) is 6.20 Å². The van der Waals surface area contributed by atoms with Crippen LogP contribution in [0.3, 0.4) is 0 Å². The second kappa shape index (κ2) is 7.25. The topological polar surface area (TPSA) is 89.3 Å². The normalized spacial score (nSPS) is 10.0. The Morgan fingerprint density at radius 2 is 2.00 bits per heavy atom. The average molecular weight is 286 g/mol. The monoisotopic (exact) mass is 286 g/mol. The largest absolute Gasteiger partial charge is 0.497 e. The molecule has 0 aliphatic carbocycles. The van der Waals surface area contributed by atoms with Crippen molar-refractivity contribution >= 4 is 11.7 Å². The molecule has 0 fully saturated rings. The molecule has 21 heavy (non-hydrogen) atoms. The van der Waals surface area contributed by atoms with E-state index in [1.807, 2.05) is 24.3 Å². The molecule has 0 saturated carbocycles. The number of methoxy groups -OCH3 is 1. The molecule has 1 aromatic carbocycles. The first kappa shape index (κ1) is 14.8. The number of hydrogen-bond donors (Lipinski definition) is 3. The molecule has 0 aliphatic heterocycles. The van der Waals surface area contributed by atoms with Crippen LogP contribution < -0.4 is 21.3 Å². The third kappa shape index (κ3) is 4.19. The van der Waals surface area contributed by atoms with Crippen molar-refractivity contribution in [2.45, 2.75) is 6.42 Å². The Balaban J connectivity index is 1.82. The second-order valence-corrected chi connectivity index (χ2v) is 4.43. The number of nitrogens with one attached hydrogen (secondary N) is 2. The van der Waals surface area contributed by atoms with E-state index in [9.17, 15) is 4.79 Å². The van der Waals surface area contributed by atoms with Gasteiger partial charge < -0.3 is 15.5 Å². The van der Waals surface area contributed by atoms with Crippen LogP contribution in [0.1, 0.15) is 15.9 Å². The third-order valence-corrected chi connectivity index (χ3v) is 3.03. The predicted molar refractivity (Wildman–Crippen MR) is 81.1 cm³/mol. The lowest BCUT2D eigenvalue weighted by atomic mass is 10.1. The van der Waals surface area contributed by atoms with Crippen molar-refractivity contribution in [2.75, 3.05) is 19.1 Å². The first-order valence-electron chi connectivity index (χ1n) is 6.56. The summed E-state index contributed by atoms with van der Waals surface area (Å²) in [5.41, 5.74) is 4.05. The number of carbonyl (C=O) groups excluding carboxylic acids is 1. The van der Waals surface area contributed by atoms with Crippen LogP contribution in [0.25, 0.3) is 0 Å². The minimum atomic E-state index is -0.153. The fourth-order valence-corrected chi connectivity index (χ4v) is 1.83. The number of carbonyl (C=O) groups is 1. The van der Waals surface area contributed by atoms with Gasteiger partial charge in [-0.05, 0) is 36.2 Å². The molecule has 2 aromatic rings. The van der Waals surface area contributed by atoms with E-state index in [1.54, 1.807) is 19.2 Å². The van der Waals surface area contributed by atoms with E-state index in [-0.39, 0.29) is 5.91 Å². The summed E-state index contributed by atoms with van der Waals surface area (Å²) >= 11 is 0. The number of nitrogens with zero attached hydrogens (tertiary/aromatic N) is 1. The number of ether oxygens (including phenoxy) is 1. The molecule has 2 rings (SSSR count). The number of rotatable bonds is 6. The van der Waals surface area contributed by atoms with Gasteiger partial charge >= 0.3 is 0 Å². The van der Waals surface area contributed by atoms with Crippen molar-refractivity contribution in [2.24, 2.45) is 5.84 Å². The highest BCUT2D eigenvalue weighted by molar-refractivity contribution is 5.94. The molecule has 0 bridgehead atoms. The zero-order valence-electron chi connectivity index (χ0n) is 11.8. The quantitative estimate of drug-likeness (QED) is 0.551. The molecule has 1 amide bonds. The Hall–Kier alpha value is -2.60. The van der Waals surface area contributed by atoms with Crippen LogP contribution in [0.2, 0.25) is 0 Å². The van der Waals surface area contributed by atoms with Gasteiger partial charge in [0.2, 0.25) is 0 Å². The molecule has 0 saturated heterocycles. The van der Waals surface area contributed by atoms with Crippen molar-refractivity contribution in [3.8, 4) is 5.75 Å². The molecule has 0 aliphatic rings. The van der Waals surface area contributed by atoms with Crippen molar-refractivity contribution in [1.82, 2.24) is 10.3 Å². The van der Waals surface area contributed by atoms with Gasteiger partial charge in [-0.2, -0.15) is 0 Å². The van der Waals surface area contributed by atoms with Gasteiger partial charge in [-0.3, -0.25) is 4.79 Å². The molecule has 4 N–H and O–H groups in total. The minimum Gasteiger partial charge on any atom is -0.497 e. The van der Waals surface area contributed by atoms with Gasteiger partial charge in [-0.15, -0.1) is 0 Å². The summed E-state index contributed by atoms with van der Waals surface area (Å²) in [6, 6.07) is 11.1. The minimum absolute atomic E-state index is 0.153. The zero-order valence-corrected chi connectivity index (χ0v) is 11.8. The fraction of sp³-hybridized carbons (Fsp3) is 0.200. The number of anilines is 1. The number of pyridine rings is 1. The lowest BCUT2D eigenvalue weighted by molar-refractivity contribution is 0.0954. The summed E-state index contributed by atoms with van der Waals surface area (Å²) in [6.07, 6.45) is 2.24. The van der Waals surface area contributed by atoms with Crippen LogP contribution in [0.4, 0.5) is 5.82 Å². The first-order valence-corrected chi connectivity index (χ1v) is 6.56. The maximum atomic E-state index is 11.9. The molecule has 0 spiro atoms. The predicted octanol–water partition coefficient (Wildman–Crippen LogP) is 1.35. The van der Waals surface area contributed by atoms with Crippen LogP contribution in [0, 0.1) is 0 Å². The van der Waals surface area contributed by atoms with Crippen LogP contribution in [-0.4, -0.2) is 24.5 Å².